The Bertz CT molecular complexity index is 201. The molecular formula is C8H13ClN2S. The molecule has 0 aliphatic carbocycles. The number of aryl methyl sites for hydroxylation is 1. The number of hydrogen-bond donors (Lipinski definition) is 0. The molecule has 4 heteroatoms. The van der Waals surface area contributed by atoms with Gasteiger partial charge < -0.3 is 0 Å². The summed E-state index contributed by atoms with van der Waals surface area (Å²) in [4.78, 5) is 0. The Labute approximate surface area is 82.3 Å². The normalized spacial score (nSPS) is 13.2. The molecule has 2 nitrogen and oxygen atoms in total. The zero-order valence-electron chi connectivity index (χ0n) is 7.11. The molecule has 1 aromatic heterocycles. The second-order valence-corrected chi connectivity index (χ2v) is 4.46. The van der Waals surface area contributed by atoms with Crippen molar-refractivity contribution in [1.29, 1.82) is 0 Å². The first-order chi connectivity index (χ1) is 5.83. The molecule has 1 heterocycles. The fourth-order valence-corrected chi connectivity index (χ4v) is 1.88. The number of halogens is 1. The molecule has 0 bridgehead atoms. The fourth-order valence-electron chi connectivity index (χ4n) is 0.825. The third kappa shape index (κ3) is 3.50. The summed E-state index contributed by atoms with van der Waals surface area (Å²) in [7, 11) is 0. The van der Waals surface area contributed by atoms with Gasteiger partial charge in [0.25, 0.3) is 0 Å². The molecular weight excluding hydrogens is 192 g/mol. The molecule has 12 heavy (non-hydrogen) atoms. The summed E-state index contributed by atoms with van der Waals surface area (Å²) in [5.41, 5.74) is 0. The van der Waals surface area contributed by atoms with Crippen LogP contribution in [0, 0.1) is 0 Å². The molecule has 1 unspecified atom stereocenters. The van der Waals surface area contributed by atoms with Crippen LogP contribution in [0.4, 0.5) is 0 Å². The Morgan fingerprint density at radius 2 is 2.50 bits per heavy atom. The topological polar surface area (TPSA) is 17.8 Å². The van der Waals surface area contributed by atoms with Crippen LogP contribution in [0.2, 0.25) is 0 Å². The monoisotopic (exact) mass is 204 g/mol. The molecule has 68 valence electrons. The van der Waals surface area contributed by atoms with E-state index in [1.165, 1.54) is 0 Å². The van der Waals surface area contributed by atoms with Gasteiger partial charge in [0.2, 0.25) is 0 Å². The Hall–Kier alpha value is -0.150. The van der Waals surface area contributed by atoms with Crippen LogP contribution in [0.3, 0.4) is 0 Å². The number of hydrogen-bond acceptors (Lipinski definition) is 2. The molecule has 1 rings (SSSR count). The van der Waals surface area contributed by atoms with Crippen LogP contribution in [0.15, 0.2) is 18.5 Å². The summed E-state index contributed by atoms with van der Waals surface area (Å²) in [6.07, 6.45) is 3.78. The van der Waals surface area contributed by atoms with Crippen LogP contribution in [0.5, 0.6) is 0 Å². The summed E-state index contributed by atoms with van der Waals surface area (Å²) in [5.74, 6) is 1.80. The maximum Gasteiger partial charge on any atom is 0.0499 e. The van der Waals surface area contributed by atoms with Crippen molar-refractivity contribution in [2.24, 2.45) is 0 Å². The van der Waals surface area contributed by atoms with Crippen molar-refractivity contribution < 1.29 is 0 Å². The van der Waals surface area contributed by atoms with E-state index in [4.69, 9.17) is 11.6 Å². The first-order valence-corrected chi connectivity index (χ1v) is 5.56. The van der Waals surface area contributed by atoms with Crippen LogP contribution in [-0.2, 0) is 6.54 Å². The van der Waals surface area contributed by atoms with Gasteiger partial charge in [-0.25, -0.2) is 0 Å². The van der Waals surface area contributed by atoms with Gasteiger partial charge in [0.05, 0.1) is 0 Å². The predicted molar refractivity (Wildman–Crippen MR) is 54.9 cm³/mol. The molecule has 0 aliphatic rings. The number of nitrogens with zero attached hydrogens (tertiary/aromatic N) is 2. The summed E-state index contributed by atoms with van der Waals surface area (Å²) in [6.45, 7) is 3.11. The highest BCUT2D eigenvalue weighted by atomic mass is 35.5. The molecule has 0 radical (unpaired) electrons. The van der Waals surface area contributed by atoms with E-state index in [0.717, 1.165) is 18.2 Å². The van der Waals surface area contributed by atoms with E-state index >= 15 is 0 Å². The van der Waals surface area contributed by atoms with Crippen LogP contribution in [0.25, 0.3) is 0 Å². The predicted octanol–water partition coefficient (Wildman–Crippen LogP) is 2.24. The Balaban J connectivity index is 2.11. The Kier molecular flexibility index (Phi) is 4.54. The van der Waals surface area contributed by atoms with Crippen LogP contribution in [-0.4, -0.2) is 26.7 Å². The molecule has 0 saturated carbocycles. The van der Waals surface area contributed by atoms with E-state index in [9.17, 15) is 0 Å². The van der Waals surface area contributed by atoms with Crippen molar-refractivity contribution in [2.45, 2.75) is 18.7 Å². The molecule has 0 amide bonds. The van der Waals surface area contributed by atoms with Crippen LogP contribution in [0.1, 0.15) is 6.92 Å². The van der Waals surface area contributed by atoms with Crippen molar-refractivity contribution in [3.8, 4) is 0 Å². The molecule has 0 spiro atoms. The second kappa shape index (κ2) is 5.49. The molecule has 1 atom stereocenters. The summed E-state index contributed by atoms with van der Waals surface area (Å²) in [6, 6.07) is 1.94. The van der Waals surface area contributed by atoms with E-state index in [-0.39, 0.29) is 0 Å². The first kappa shape index (κ1) is 9.93. The Morgan fingerprint density at radius 1 is 1.67 bits per heavy atom. The van der Waals surface area contributed by atoms with Crippen LogP contribution < -0.4 is 0 Å². The zero-order valence-corrected chi connectivity index (χ0v) is 8.68. The molecule has 0 N–H and O–H groups in total. The summed E-state index contributed by atoms with van der Waals surface area (Å²) in [5, 5.41) is 4.65. The van der Waals surface area contributed by atoms with Gasteiger partial charge >= 0.3 is 0 Å². The van der Waals surface area contributed by atoms with E-state index in [2.05, 4.69) is 12.0 Å². The van der Waals surface area contributed by atoms with Crippen LogP contribution >= 0.6 is 23.4 Å². The van der Waals surface area contributed by atoms with Gasteiger partial charge in [-0.2, -0.15) is 16.9 Å². The lowest BCUT2D eigenvalue weighted by Crippen LogP contribution is -2.05. The molecule has 1 aromatic rings. The quantitative estimate of drug-likeness (QED) is 0.685. The Morgan fingerprint density at radius 3 is 3.08 bits per heavy atom. The van der Waals surface area contributed by atoms with Crippen molar-refractivity contribution in [3.63, 3.8) is 0 Å². The number of thioether (sulfide) groups is 1. The minimum Gasteiger partial charge on any atom is -0.272 e. The number of alkyl halides is 1. The van der Waals surface area contributed by atoms with Gasteiger partial charge in [-0.3, -0.25) is 4.68 Å². The minimum absolute atomic E-state index is 0.544. The fraction of sp³-hybridized carbons (Fsp3) is 0.625. The average Bonchev–Trinajstić information content (AvgIpc) is 2.57. The standard InChI is InChI=1S/C8H13ClN2S/c1-8(7-9)12-6-5-11-4-2-3-10-11/h2-4,8H,5-7H2,1H3. The van der Waals surface area contributed by atoms with Crippen molar-refractivity contribution in [2.75, 3.05) is 11.6 Å². The van der Waals surface area contributed by atoms with E-state index in [1.807, 2.05) is 28.7 Å². The smallest absolute Gasteiger partial charge is 0.0499 e. The average molecular weight is 205 g/mol. The van der Waals surface area contributed by atoms with Crippen molar-refractivity contribution >= 4 is 23.4 Å². The minimum atomic E-state index is 0.544. The summed E-state index contributed by atoms with van der Waals surface area (Å²) >= 11 is 7.55. The molecule has 0 aliphatic heterocycles. The maximum absolute atomic E-state index is 5.67. The lowest BCUT2D eigenvalue weighted by molar-refractivity contribution is 0.666. The van der Waals surface area contributed by atoms with Crippen molar-refractivity contribution in [1.82, 2.24) is 9.78 Å². The highest BCUT2D eigenvalue weighted by molar-refractivity contribution is 7.99. The SMILES string of the molecule is CC(CCl)SCCn1cccn1. The first-order valence-electron chi connectivity index (χ1n) is 3.98. The van der Waals surface area contributed by atoms with Gasteiger partial charge in [-0.1, -0.05) is 6.92 Å². The number of aromatic nitrogens is 2. The lowest BCUT2D eigenvalue weighted by atomic mass is 10.6. The molecule has 0 fully saturated rings. The van der Waals surface area contributed by atoms with Gasteiger partial charge in [0, 0.05) is 35.8 Å². The number of rotatable bonds is 5. The highest BCUT2D eigenvalue weighted by Gasteiger charge is 1.99. The van der Waals surface area contributed by atoms with E-state index in [1.54, 1.807) is 6.20 Å². The third-order valence-electron chi connectivity index (χ3n) is 1.50. The second-order valence-electron chi connectivity index (χ2n) is 2.60. The largest absolute Gasteiger partial charge is 0.272 e. The van der Waals surface area contributed by atoms with Gasteiger partial charge in [0.1, 0.15) is 0 Å². The van der Waals surface area contributed by atoms with Gasteiger partial charge in [-0.05, 0) is 6.07 Å². The van der Waals surface area contributed by atoms with E-state index < -0.39 is 0 Å². The molecule has 0 saturated heterocycles. The van der Waals surface area contributed by atoms with Gasteiger partial charge in [-0.15, -0.1) is 11.6 Å². The molecule has 0 aromatic carbocycles. The maximum atomic E-state index is 5.67. The highest BCUT2D eigenvalue weighted by Crippen LogP contribution is 2.11. The van der Waals surface area contributed by atoms with E-state index in [0.29, 0.717) is 5.25 Å². The van der Waals surface area contributed by atoms with Gasteiger partial charge in [0.15, 0.2) is 0 Å². The zero-order chi connectivity index (χ0) is 8.81. The lowest BCUT2D eigenvalue weighted by Gasteiger charge is -2.06. The summed E-state index contributed by atoms with van der Waals surface area (Å²) < 4.78 is 1.94. The van der Waals surface area contributed by atoms with Crippen molar-refractivity contribution in [3.05, 3.63) is 18.5 Å². The third-order valence-corrected chi connectivity index (χ3v) is 3.30.